The second-order valence-corrected chi connectivity index (χ2v) is 3.65. The lowest BCUT2D eigenvalue weighted by Crippen LogP contribution is -1.89. The predicted octanol–water partition coefficient (Wildman–Crippen LogP) is 1.83. The third kappa shape index (κ3) is 9.63. The monoisotopic (exact) mass is 214 g/mol. The summed E-state index contributed by atoms with van der Waals surface area (Å²) >= 11 is 0. The highest BCUT2D eigenvalue weighted by molar-refractivity contribution is 5.72. The lowest BCUT2D eigenvalue weighted by Gasteiger charge is -1.99. The summed E-state index contributed by atoms with van der Waals surface area (Å²) in [7, 11) is 0. The number of allylic oxidation sites excluding steroid dienone is 2. The highest BCUT2D eigenvalue weighted by Crippen LogP contribution is 2.08. The minimum atomic E-state index is 0.197. The van der Waals surface area contributed by atoms with Gasteiger partial charge in [-0.3, -0.25) is 4.79 Å². The highest BCUT2D eigenvalue weighted by Gasteiger charge is 1.95. The van der Waals surface area contributed by atoms with Crippen molar-refractivity contribution in [3.05, 3.63) is 11.6 Å². The Balaban J connectivity index is 3.55. The van der Waals surface area contributed by atoms with Gasteiger partial charge in [0.15, 0.2) is 0 Å². The summed E-state index contributed by atoms with van der Waals surface area (Å²) in [6.45, 7) is 0.448. The number of carbonyl (C=O) groups excluding carboxylic acids is 1. The van der Waals surface area contributed by atoms with Crippen LogP contribution in [0.2, 0.25) is 0 Å². The fourth-order valence-electron chi connectivity index (χ4n) is 1.37. The number of hydrogen-bond acceptors (Lipinski definition) is 3. The quantitative estimate of drug-likeness (QED) is 0.331. The van der Waals surface area contributed by atoms with Crippen molar-refractivity contribution >= 4 is 6.29 Å². The van der Waals surface area contributed by atoms with Gasteiger partial charge in [-0.1, -0.05) is 12.5 Å². The van der Waals surface area contributed by atoms with Crippen LogP contribution >= 0.6 is 0 Å². The van der Waals surface area contributed by atoms with E-state index < -0.39 is 0 Å². The van der Waals surface area contributed by atoms with Crippen LogP contribution in [0.15, 0.2) is 11.6 Å². The molecule has 88 valence electrons. The van der Waals surface area contributed by atoms with Gasteiger partial charge in [0, 0.05) is 13.2 Å². The average molecular weight is 214 g/mol. The van der Waals surface area contributed by atoms with E-state index in [2.05, 4.69) is 0 Å². The third-order valence-corrected chi connectivity index (χ3v) is 2.29. The standard InChI is InChI=1S/C12H22O3/c13-9-5-2-1-3-7-12(11-15)8-4-6-10-14/h7,11,13-14H,1-6,8-10H2/b12-7+. The van der Waals surface area contributed by atoms with E-state index in [1.807, 2.05) is 6.08 Å². The molecule has 0 aromatic rings. The number of rotatable bonds is 10. The van der Waals surface area contributed by atoms with Crippen LogP contribution in [0.1, 0.15) is 44.9 Å². The Kier molecular flexibility index (Phi) is 10.9. The SMILES string of the molecule is O=C/C(=C/CCCCCO)CCCCO. The van der Waals surface area contributed by atoms with E-state index in [0.717, 1.165) is 56.8 Å². The summed E-state index contributed by atoms with van der Waals surface area (Å²) in [5, 5.41) is 17.2. The van der Waals surface area contributed by atoms with E-state index in [9.17, 15) is 4.79 Å². The number of aliphatic hydroxyl groups is 2. The number of aliphatic hydroxyl groups excluding tert-OH is 2. The lowest BCUT2D eigenvalue weighted by atomic mass is 10.1. The first-order chi connectivity index (χ1) is 7.35. The molecule has 0 saturated carbocycles. The Bertz CT molecular complexity index is 176. The molecule has 0 unspecified atom stereocenters. The zero-order valence-corrected chi connectivity index (χ0v) is 9.32. The van der Waals surface area contributed by atoms with Gasteiger partial charge in [0.2, 0.25) is 0 Å². The number of carbonyl (C=O) groups is 1. The second kappa shape index (κ2) is 11.4. The molecule has 0 radical (unpaired) electrons. The Morgan fingerprint density at radius 1 is 0.933 bits per heavy atom. The van der Waals surface area contributed by atoms with Crippen molar-refractivity contribution in [2.75, 3.05) is 13.2 Å². The summed E-state index contributed by atoms with van der Waals surface area (Å²) in [5.41, 5.74) is 0.840. The summed E-state index contributed by atoms with van der Waals surface area (Å²) < 4.78 is 0. The lowest BCUT2D eigenvalue weighted by molar-refractivity contribution is -0.105. The molecule has 2 N–H and O–H groups in total. The zero-order chi connectivity index (χ0) is 11.4. The van der Waals surface area contributed by atoms with Crippen molar-refractivity contribution < 1.29 is 15.0 Å². The molecule has 0 aromatic heterocycles. The van der Waals surface area contributed by atoms with Gasteiger partial charge in [-0.05, 0) is 44.1 Å². The molecule has 3 nitrogen and oxygen atoms in total. The summed E-state index contributed by atoms with van der Waals surface area (Å²) in [6, 6.07) is 0. The molecule has 0 rings (SSSR count). The molecule has 0 aromatic carbocycles. The summed E-state index contributed by atoms with van der Waals surface area (Å²) in [4.78, 5) is 10.6. The molecule has 0 aliphatic carbocycles. The van der Waals surface area contributed by atoms with Gasteiger partial charge in [0.1, 0.15) is 6.29 Å². The smallest absolute Gasteiger partial charge is 0.145 e. The molecule has 0 amide bonds. The van der Waals surface area contributed by atoms with E-state index in [0.29, 0.717) is 0 Å². The molecule has 0 aliphatic heterocycles. The van der Waals surface area contributed by atoms with Crippen LogP contribution in [0.3, 0.4) is 0 Å². The minimum absolute atomic E-state index is 0.197. The minimum Gasteiger partial charge on any atom is -0.396 e. The maximum absolute atomic E-state index is 10.6. The highest BCUT2D eigenvalue weighted by atomic mass is 16.3. The van der Waals surface area contributed by atoms with Crippen molar-refractivity contribution in [1.29, 1.82) is 0 Å². The van der Waals surface area contributed by atoms with Crippen molar-refractivity contribution in [3.63, 3.8) is 0 Å². The first kappa shape index (κ1) is 14.3. The fourth-order valence-corrected chi connectivity index (χ4v) is 1.37. The van der Waals surface area contributed by atoms with Crippen LogP contribution in [0.5, 0.6) is 0 Å². The van der Waals surface area contributed by atoms with Crippen LogP contribution in [0.4, 0.5) is 0 Å². The zero-order valence-electron chi connectivity index (χ0n) is 9.32. The molecule has 0 atom stereocenters. The number of aldehydes is 1. The molecular weight excluding hydrogens is 192 g/mol. The molecular formula is C12H22O3. The molecule has 0 saturated heterocycles. The van der Waals surface area contributed by atoms with E-state index in [4.69, 9.17) is 10.2 Å². The van der Waals surface area contributed by atoms with Gasteiger partial charge < -0.3 is 10.2 Å². The number of hydrogen-bond donors (Lipinski definition) is 2. The van der Waals surface area contributed by atoms with Gasteiger partial charge in [0.25, 0.3) is 0 Å². The predicted molar refractivity (Wildman–Crippen MR) is 60.6 cm³/mol. The normalized spacial score (nSPS) is 11.7. The molecule has 3 heteroatoms. The van der Waals surface area contributed by atoms with Gasteiger partial charge in [-0.2, -0.15) is 0 Å². The topological polar surface area (TPSA) is 57.5 Å². The fraction of sp³-hybridized carbons (Fsp3) is 0.750. The first-order valence-corrected chi connectivity index (χ1v) is 5.71. The Labute approximate surface area is 91.8 Å². The maximum Gasteiger partial charge on any atom is 0.145 e. The second-order valence-electron chi connectivity index (χ2n) is 3.65. The van der Waals surface area contributed by atoms with Crippen LogP contribution in [-0.2, 0) is 4.79 Å². The molecule has 0 fully saturated rings. The Hall–Kier alpha value is -0.670. The van der Waals surface area contributed by atoms with Crippen molar-refractivity contribution in [2.24, 2.45) is 0 Å². The van der Waals surface area contributed by atoms with Crippen LogP contribution in [0, 0.1) is 0 Å². The Morgan fingerprint density at radius 2 is 1.60 bits per heavy atom. The molecule has 0 bridgehead atoms. The van der Waals surface area contributed by atoms with Crippen molar-refractivity contribution in [2.45, 2.75) is 44.9 Å². The van der Waals surface area contributed by atoms with Crippen LogP contribution < -0.4 is 0 Å². The van der Waals surface area contributed by atoms with Gasteiger partial charge >= 0.3 is 0 Å². The van der Waals surface area contributed by atoms with E-state index in [1.165, 1.54) is 0 Å². The van der Waals surface area contributed by atoms with Gasteiger partial charge in [-0.15, -0.1) is 0 Å². The van der Waals surface area contributed by atoms with Gasteiger partial charge in [0.05, 0.1) is 0 Å². The van der Waals surface area contributed by atoms with Crippen LogP contribution in [0.25, 0.3) is 0 Å². The number of unbranched alkanes of at least 4 members (excludes halogenated alkanes) is 4. The molecule has 0 spiro atoms. The van der Waals surface area contributed by atoms with Crippen LogP contribution in [-0.4, -0.2) is 29.7 Å². The maximum atomic E-state index is 10.6. The first-order valence-electron chi connectivity index (χ1n) is 5.71. The molecule has 0 aliphatic rings. The van der Waals surface area contributed by atoms with Crippen molar-refractivity contribution in [3.8, 4) is 0 Å². The van der Waals surface area contributed by atoms with E-state index in [1.54, 1.807) is 0 Å². The molecule has 15 heavy (non-hydrogen) atoms. The third-order valence-electron chi connectivity index (χ3n) is 2.29. The van der Waals surface area contributed by atoms with E-state index >= 15 is 0 Å². The largest absolute Gasteiger partial charge is 0.396 e. The van der Waals surface area contributed by atoms with E-state index in [-0.39, 0.29) is 13.2 Å². The van der Waals surface area contributed by atoms with Gasteiger partial charge in [-0.25, -0.2) is 0 Å². The van der Waals surface area contributed by atoms with Crippen molar-refractivity contribution in [1.82, 2.24) is 0 Å². The average Bonchev–Trinajstić information content (AvgIpc) is 2.26. The summed E-state index contributed by atoms with van der Waals surface area (Å²) in [6.07, 6.45) is 9.07. The Morgan fingerprint density at radius 3 is 2.20 bits per heavy atom. The molecule has 0 heterocycles. The summed E-state index contributed by atoms with van der Waals surface area (Å²) in [5.74, 6) is 0.